The van der Waals surface area contributed by atoms with Gasteiger partial charge in [0.25, 0.3) is 5.56 Å². The molecular formula is C32H37N5O4. The number of fused-ring (bicyclic) bond motifs is 2. The van der Waals surface area contributed by atoms with Crippen LogP contribution in [0.4, 0.5) is 11.4 Å². The second kappa shape index (κ2) is 11.0. The summed E-state index contributed by atoms with van der Waals surface area (Å²) in [6, 6.07) is 11.6. The molecule has 9 heteroatoms. The van der Waals surface area contributed by atoms with E-state index in [4.69, 9.17) is 4.42 Å². The quantitative estimate of drug-likeness (QED) is 0.294. The molecule has 0 N–H and O–H groups in total. The van der Waals surface area contributed by atoms with E-state index in [9.17, 15) is 14.4 Å². The predicted molar refractivity (Wildman–Crippen MR) is 160 cm³/mol. The van der Waals surface area contributed by atoms with Crippen molar-refractivity contribution >= 4 is 34.2 Å². The summed E-state index contributed by atoms with van der Waals surface area (Å²) in [5.41, 5.74) is 4.06. The Labute approximate surface area is 240 Å². The maximum Gasteiger partial charge on any atom is 0.261 e. The van der Waals surface area contributed by atoms with Crippen molar-refractivity contribution in [2.45, 2.75) is 54.3 Å². The van der Waals surface area contributed by atoms with E-state index < -0.39 is 5.41 Å². The molecule has 2 amide bonds. The van der Waals surface area contributed by atoms with Crippen molar-refractivity contribution in [1.82, 2.24) is 14.5 Å². The van der Waals surface area contributed by atoms with E-state index in [1.807, 2.05) is 57.3 Å². The van der Waals surface area contributed by atoms with E-state index in [1.165, 1.54) is 0 Å². The van der Waals surface area contributed by atoms with Crippen LogP contribution in [0, 0.1) is 19.3 Å². The molecule has 214 valence electrons. The lowest BCUT2D eigenvalue weighted by molar-refractivity contribution is -0.137. The second-order valence-corrected chi connectivity index (χ2v) is 11.3. The molecule has 41 heavy (non-hydrogen) atoms. The first-order chi connectivity index (χ1) is 19.5. The molecule has 4 heterocycles. The first kappa shape index (κ1) is 28.3. The van der Waals surface area contributed by atoms with E-state index in [0.29, 0.717) is 55.1 Å². The van der Waals surface area contributed by atoms with Crippen LogP contribution in [0.3, 0.4) is 0 Å². The van der Waals surface area contributed by atoms with Crippen molar-refractivity contribution < 1.29 is 14.0 Å². The Kier molecular flexibility index (Phi) is 7.57. The molecule has 1 aliphatic heterocycles. The zero-order chi connectivity index (χ0) is 29.5. The summed E-state index contributed by atoms with van der Waals surface area (Å²) in [5.74, 6) is 0.279. The highest BCUT2D eigenvalue weighted by Crippen LogP contribution is 2.39. The molecule has 1 aromatic carbocycles. The molecule has 0 atom stereocenters. The highest BCUT2D eigenvalue weighted by molar-refractivity contribution is 6.19. The Morgan fingerprint density at radius 1 is 0.976 bits per heavy atom. The Balaban J connectivity index is 1.46. The highest BCUT2D eigenvalue weighted by atomic mass is 16.3. The number of carbonyl (C=O) groups excluding carboxylic acids is 2. The van der Waals surface area contributed by atoms with Gasteiger partial charge in [-0.1, -0.05) is 6.07 Å². The number of aryl methyl sites for hydroxylation is 2. The topological polar surface area (TPSA) is 91.9 Å². The second-order valence-electron chi connectivity index (χ2n) is 11.3. The number of nitrogens with zero attached hydrogens (tertiary/aromatic N) is 5. The normalized spacial score (nSPS) is 15.1. The number of amides is 2. The van der Waals surface area contributed by atoms with Gasteiger partial charge in [0.05, 0.1) is 16.8 Å². The zero-order valence-electron chi connectivity index (χ0n) is 24.6. The average Bonchev–Trinajstić information content (AvgIpc) is 3.33. The first-order valence-corrected chi connectivity index (χ1v) is 14.0. The first-order valence-electron chi connectivity index (χ1n) is 14.0. The fraction of sp³-hybridized carbons (Fsp3) is 0.375. The van der Waals surface area contributed by atoms with Gasteiger partial charge < -0.3 is 18.8 Å². The maximum atomic E-state index is 13.3. The number of benzene rings is 1. The maximum absolute atomic E-state index is 13.3. The van der Waals surface area contributed by atoms with E-state index in [0.717, 1.165) is 22.4 Å². The van der Waals surface area contributed by atoms with Gasteiger partial charge in [0.2, 0.25) is 11.8 Å². The molecule has 1 aliphatic rings. The van der Waals surface area contributed by atoms with Gasteiger partial charge >= 0.3 is 0 Å². The Morgan fingerprint density at radius 3 is 2.49 bits per heavy atom. The number of hydrogen-bond donors (Lipinski definition) is 0. The smallest absolute Gasteiger partial charge is 0.261 e. The number of aromatic nitrogens is 2. The van der Waals surface area contributed by atoms with Gasteiger partial charge in [-0.25, -0.2) is 0 Å². The fourth-order valence-electron chi connectivity index (χ4n) is 5.57. The van der Waals surface area contributed by atoms with Crippen LogP contribution in [0.25, 0.3) is 11.0 Å². The minimum absolute atomic E-state index is 0.0727. The molecule has 0 radical (unpaired) electrons. The van der Waals surface area contributed by atoms with Crippen molar-refractivity contribution in [1.29, 1.82) is 0 Å². The summed E-state index contributed by atoms with van der Waals surface area (Å²) in [5, 5.41) is 0.581. The third kappa shape index (κ3) is 5.29. The van der Waals surface area contributed by atoms with Gasteiger partial charge in [-0.2, -0.15) is 0 Å². The molecule has 4 aromatic rings. The van der Waals surface area contributed by atoms with Gasteiger partial charge in [-0.3, -0.25) is 24.3 Å². The molecule has 0 unspecified atom stereocenters. The summed E-state index contributed by atoms with van der Waals surface area (Å²) in [4.78, 5) is 49.5. The van der Waals surface area contributed by atoms with Gasteiger partial charge in [0.15, 0.2) is 0 Å². The summed E-state index contributed by atoms with van der Waals surface area (Å²) in [7, 11) is 1.73. The van der Waals surface area contributed by atoms with Crippen molar-refractivity contribution in [3.63, 3.8) is 0 Å². The van der Waals surface area contributed by atoms with Gasteiger partial charge in [0.1, 0.15) is 16.8 Å². The van der Waals surface area contributed by atoms with Crippen molar-refractivity contribution in [2.24, 2.45) is 5.41 Å². The molecule has 0 saturated carbocycles. The lowest BCUT2D eigenvalue weighted by Crippen LogP contribution is -2.47. The number of anilines is 2. The number of pyridine rings is 2. The van der Waals surface area contributed by atoms with Crippen molar-refractivity contribution in [3.05, 3.63) is 87.8 Å². The lowest BCUT2D eigenvalue weighted by atomic mass is 9.90. The monoisotopic (exact) mass is 555 g/mol. The van der Waals surface area contributed by atoms with Crippen LogP contribution in [-0.4, -0.2) is 46.4 Å². The minimum Gasteiger partial charge on any atom is -0.461 e. The van der Waals surface area contributed by atoms with E-state index in [1.54, 1.807) is 53.7 Å². The summed E-state index contributed by atoms with van der Waals surface area (Å²) in [6.07, 6.45) is 5.43. The van der Waals surface area contributed by atoms with Crippen LogP contribution < -0.4 is 15.4 Å². The van der Waals surface area contributed by atoms with Gasteiger partial charge in [-0.05, 0) is 81.6 Å². The number of hydrogen-bond acceptors (Lipinski definition) is 6. The fourth-order valence-corrected chi connectivity index (χ4v) is 5.57. The SMILES string of the molecule is CCN1C(=O)C(C)(C)C(=O)N(C)c2cc(CN(CCn3ccc4oc(C)cc4c3=O)Cc3ccncc3C)ccc21. The Morgan fingerprint density at radius 2 is 1.76 bits per heavy atom. The van der Waals surface area contributed by atoms with Crippen LogP contribution in [0.5, 0.6) is 0 Å². The molecule has 5 rings (SSSR count). The lowest BCUT2D eigenvalue weighted by Gasteiger charge is -2.27. The third-order valence-corrected chi connectivity index (χ3v) is 8.00. The standard InChI is InChI=1S/C32H37N5O4/c1-7-37-26-9-8-23(17-27(26)34(6)30(39)32(4,5)31(37)40)19-35(20-24-10-12-33-18-21(24)2)14-15-36-13-11-28-25(29(36)38)16-22(3)41-28/h8-13,16-18H,7,14-15,19-20H2,1-6H3. The molecule has 0 fully saturated rings. The van der Waals surface area contributed by atoms with Crippen molar-refractivity contribution in [2.75, 3.05) is 29.9 Å². The molecule has 0 aliphatic carbocycles. The van der Waals surface area contributed by atoms with E-state index in [2.05, 4.69) is 9.88 Å². The summed E-state index contributed by atoms with van der Waals surface area (Å²) in [6.45, 7) is 12.0. The summed E-state index contributed by atoms with van der Waals surface area (Å²) < 4.78 is 7.35. The molecule has 0 bridgehead atoms. The number of rotatable bonds is 8. The number of furan rings is 1. The van der Waals surface area contributed by atoms with Crippen LogP contribution in [0.15, 0.2) is 64.2 Å². The van der Waals surface area contributed by atoms with Crippen molar-refractivity contribution in [3.8, 4) is 0 Å². The largest absolute Gasteiger partial charge is 0.461 e. The van der Waals surface area contributed by atoms with E-state index in [-0.39, 0.29) is 17.4 Å². The average molecular weight is 556 g/mol. The zero-order valence-corrected chi connectivity index (χ0v) is 24.6. The summed E-state index contributed by atoms with van der Waals surface area (Å²) >= 11 is 0. The van der Waals surface area contributed by atoms with Gasteiger partial charge in [-0.15, -0.1) is 0 Å². The Hall–Kier alpha value is -4.24. The van der Waals surface area contributed by atoms with Crippen LogP contribution >= 0.6 is 0 Å². The third-order valence-electron chi connectivity index (χ3n) is 8.00. The highest BCUT2D eigenvalue weighted by Gasteiger charge is 2.45. The minimum atomic E-state index is -1.16. The van der Waals surface area contributed by atoms with Crippen LogP contribution in [0.1, 0.15) is 43.2 Å². The van der Waals surface area contributed by atoms with Crippen LogP contribution in [0.2, 0.25) is 0 Å². The predicted octanol–water partition coefficient (Wildman–Crippen LogP) is 4.66. The number of carbonyl (C=O) groups is 2. The van der Waals surface area contributed by atoms with E-state index >= 15 is 0 Å². The van der Waals surface area contributed by atoms with Gasteiger partial charge in [0, 0.05) is 58.4 Å². The molecule has 3 aromatic heterocycles. The molecule has 0 spiro atoms. The molecule has 0 saturated heterocycles. The molecule has 9 nitrogen and oxygen atoms in total. The Bertz CT molecular complexity index is 1690. The molecular weight excluding hydrogens is 518 g/mol. The van der Waals surface area contributed by atoms with Crippen LogP contribution in [-0.2, 0) is 29.2 Å².